The first-order valence-electron chi connectivity index (χ1n) is 8.55. The lowest BCUT2D eigenvalue weighted by Gasteiger charge is -2.40. The van der Waals surface area contributed by atoms with Crippen LogP contribution < -0.4 is 20.9 Å². The zero-order valence-corrected chi connectivity index (χ0v) is 16.4. The molecule has 0 saturated carbocycles. The fourth-order valence-corrected chi connectivity index (χ4v) is 2.65. The highest BCUT2D eigenvalue weighted by Gasteiger charge is 2.30. The highest BCUT2D eigenvalue weighted by Crippen LogP contribution is 2.05. The lowest BCUT2D eigenvalue weighted by molar-refractivity contribution is 0.202. The summed E-state index contributed by atoms with van der Waals surface area (Å²) in [4.78, 5) is 3.59. The maximum absolute atomic E-state index is 3.70. The van der Waals surface area contributed by atoms with Crippen LogP contribution in [0.2, 0.25) is 0 Å². The Hall–Kier alpha value is 0.0569. The third-order valence-corrected chi connectivity index (χ3v) is 4.92. The number of rotatable bonds is 14. The molecule has 1 unspecified atom stereocenters. The molecule has 0 aliphatic carbocycles. The molecule has 20 heavy (non-hydrogen) atoms. The van der Waals surface area contributed by atoms with E-state index in [-0.39, 0.29) is 11.8 Å². The number of unbranched alkanes of at least 4 members (excludes halogenated alkanes) is 3. The molecule has 122 valence electrons. The molecule has 0 radical (unpaired) electrons. The van der Waals surface area contributed by atoms with Gasteiger partial charge in [-0.3, -0.25) is 16.0 Å². The lowest BCUT2D eigenvalue weighted by atomic mass is 10.1. The molecular weight excluding hydrogens is 264 g/mol. The zero-order chi connectivity index (χ0) is 15.3. The summed E-state index contributed by atoms with van der Waals surface area (Å²) in [6.07, 6.45) is 7.70. The predicted octanol–water partition coefficient (Wildman–Crippen LogP) is 1.07. The second kappa shape index (κ2) is 12.8. The fraction of sp³-hybridized carbons (Fsp3) is 1.00. The Morgan fingerprint density at radius 3 is 1.70 bits per heavy atom. The average Bonchev–Trinajstić information content (AvgIpc) is 2.46. The van der Waals surface area contributed by atoms with E-state index in [1.54, 1.807) is 0 Å². The van der Waals surface area contributed by atoms with E-state index >= 15 is 0 Å². The molecule has 0 saturated heterocycles. The molecule has 0 amide bonds. The summed E-state index contributed by atoms with van der Waals surface area (Å²) in [5.41, 5.74) is -0.0527. The van der Waals surface area contributed by atoms with Crippen molar-refractivity contribution in [1.29, 1.82) is 0 Å². The van der Waals surface area contributed by atoms with E-state index < -0.39 is 0 Å². The standard InChI is InChI=1S/C15H38N4Si/c1-5-8-11-16-14(17-12-9-6-2)15(4,19-20)18-13-10-7-3/h14,16-19H,5-13H2,1-4,20H3. The number of hydrogen-bond donors (Lipinski definition) is 4. The molecule has 0 aromatic heterocycles. The van der Waals surface area contributed by atoms with E-state index in [1.165, 1.54) is 38.5 Å². The van der Waals surface area contributed by atoms with E-state index in [0.717, 1.165) is 30.0 Å². The van der Waals surface area contributed by atoms with Gasteiger partial charge in [-0.15, -0.1) is 0 Å². The number of hydrogen-bond acceptors (Lipinski definition) is 4. The maximum atomic E-state index is 3.70. The lowest BCUT2D eigenvalue weighted by Crippen LogP contribution is -2.70. The van der Waals surface area contributed by atoms with Gasteiger partial charge in [-0.2, -0.15) is 0 Å². The van der Waals surface area contributed by atoms with Crippen LogP contribution >= 0.6 is 0 Å². The Morgan fingerprint density at radius 2 is 1.30 bits per heavy atom. The van der Waals surface area contributed by atoms with Gasteiger partial charge in [-0.1, -0.05) is 40.0 Å². The van der Waals surface area contributed by atoms with Gasteiger partial charge in [0.1, 0.15) is 0 Å². The quantitative estimate of drug-likeness (QED) is 0.220. The summed E-state index contributed by atoms with van der Waals surface area (Å²) in [7, 11) is 0.990. The third kappa shape index (κ3) is 8.37. The molecule has 0 aliphatic heterocycles. The second-order valence-electron chi connectivity index (χ2n) is 5.78. The van der Waals surface area contributed by atoms with Crippen molar-refractivity contribution in [2.45, 2.75) is 78.0 Å². The van der Waals surface area contributed by atoms with Gasteiger partial charge in [0.2, 0.25) is 0 Å². The van der Waals surface area contributed by atoms with Crippen LogP contribution in [0, 0.1) is 0 Å². The van der Waals surface area contributed by atoms with Gasteiger partial charge in [-0.05, 0) is 45.8 Å². The second-order valence-corrected chi connectivity index (χ2v) is 6.28. The maximum Gasteiger partial charge on any atom is 0.0887 e. The van der Waals surface area contributed by atoms with Crippen molar-refractivity contribution in [3.05, 3.63) is 0 Å². The van der Waals surface area contributed by atoms with Crippen molar-refractivity contribution < 1.29 is 0 Å². The summed E-state index contributed by atoms with van der Waals surface area (Å²) >= 11 is 0. The Bertz CT molecular complexity index is 206. The summed E-state index contributed by atoms with van der Waals surface area (Å²) in [6, 6.07) is 0. The molecule has 4 nitrogen and oxygen atoms in total. The van der Waals surface area contributed by atoms with Gasteiger partial charge in [0, 0.05) is 0 Å². The normalized spacial score (nSPS) is 14.8. The van der Waals surface area contributed by atoms with Crippen molar-refractivity contribution in [1.82, 2.24) is 20.9 Å². The predicted molar refractivity (Wildman–Crippen MR) is 94.0 cm³/mol. The van der Waals surface area contributed by atoms with Crippen LogP contribution in [0.4, 0.5) is 0 Å². The Balaban J connectivity index is 4.46. The minimum atomic E-state index is -0.0527. The van der Waals surface area contributed by atoms with Gasteiger partial charge in [0.25, 0.3) is 0 Å². The van der Waals surface area contributed by atoms with E-state index in [9.17, 15) is 0 Å². The fourth-order valence-electron chi connectivity index (χ4n) is 2.19. The van der Waals surface area contributed by atoms with Crippen LogP contribution in [-0.4, -0.2) is 41.9 Å². The molecule has 0 bridgehead atoms. The molecule has 0 fully saturated rings. The molecule has 0 spiro atoms. The van der Waals surface area contributed by atoms with E-state index in [1.807, 2.05) is 0 Å². The van der Waals surface area contributed by atoms with Gasteiger partial charge in [0.05, 0.1) is 22.2 Å². The Morgan fingerprint density at radius 1 is 0.850 bits per heavy atom. The minimum Gasteiger partial charge on any atom is -0.327 e. The van der Waals surface area contributed by atoms with Crippen molar-refractivity contribution in [2.75, 3.05) is 19.6 Å². The highest BCUT2D eigenvalue weighted by molar-refractivity contribution is 6.04. The van der Waals surface area contributed by atoms with E-state index in [0.29, 0.717) is 0 Å². The summed E-state index contributed by atoms with van der Waals surface area (Å²) in [5.74, 6) is 0. The minimum absolute atomic E-state index is 0.0527. The van der Waals surface area contributed by atoms with Gasteiger partial charge in [0.15, 0.2) is 0 Å². The van der Waals surface area contributed by atoms with Crippen LogP contribution in [0.15, 0.2) is 0 Å². The van der Waals surface area contributed by atoms with Crippen LogP contribution in [0.3, 0.4) is 0 Å². The first-order chi connectivity index (χ1) is 9.64. The molecule has 5 heteroatoms. The summed E-state index contributed by atoms with van der Waals surface area (Å²) in [6.45, 7) is 12.2. The average molecular weight is 303 g/mol. The van der Waals surface area contributed by atoms with Crippen LogP contribution in [-0.2, 0) is 0 Å². The monoisotopic (exact) mass is 302 g/mol. The SMILES string of the molecule is CCCCNC(NCCCC)C(C)(N[SiH3])NCCCC. The van der Waals surface area contributed by atoms with Gasteiger partial charge >= 0.3 is 0 Å². The molecule has 0 rings (SSSR count). The van der Waals surface area contributed by atoms with Crippen LogP contribution in [0.25, 0.3) is 0 Å². The molecule has 0 aromatic carbocycles. The van der Waals surface area contributed by atoms with Crippen molar-refractivity contribution >= 4 is 10.4 Å². The van der Waals surface area contributed by atoms with Crippen LogP contribution in [0.1, 0.15) is 66.2 Å². The topological polar surface area (TPSA) is 48.1 Å². The summed E-state index contributed by atoms with van der Waals surface area (Å²) in [5, 5.41) is 11.1. The molecule has 1 atom stereocenters. The zero-order valence-electron chi connectivity index (χ0n) is 14.4. The molecule has 0 heterocycles. The third-order valence-electron chi connectivity index (χ3n) is 3.88. The molecule has 4 N–H and O–H groups in total. The first-order valence-corrected chi connectivity index (χ1v) is 9.55. The molecular formula is C15H38N4Si. The molecule has 0 aromatic rings. The van der Waals surface area contributed by atoms with Crippen molar-refractivity contribution in [3.63, 3.8) is 0 Å². The van der Waals surface area contributed by atoms with Crippen molar-refractivity contribution in [3.8, 4) is 0 Å². The Labute approximate surface area is 129 Å². The van der Waals surface area contributed by atoms with Crippen LogP contribution in [0.5, 0.6) is 0 Å². The van der Waals surface area contributed by atoms with Gasteiger partial charge in [-0.25, -0.2) is 0 Å². The van der Waals surface area contributed by atoms with Crippen molar-refractivity contribution in [2.24, 2.45) is 0 Å². The van der Waals surface area contributed by atoms with Gasteiger partial charge < -0.3 is 4.98 Å². The largest absolute Gasteiger partial charge is 0.327 e. The summed E-state index contributed by atoms with van der Waals surface area (Å²) < 4.78 is 0. The van der Waals surface area contributed by atoms with E-state index in [4.69, 9.17) is 0 Å². The smallest absolute Gasteiger partial charge is 0.0887 e. The molecule has 0 aliphatic rings. The highest BCUT2D eigenvalue weighted by atomic mass is 28.2. The van der Waals surface area contributed by atoms with E-state index in [2.05, 4.69) is 48.6 Å². The Kier molecular flexibility index (Phi) is 12.8. The number of nitrogens with one attached hydrogen (secondary N) is 4. The first kappa shape index (κ1) is 20.1.